The van der Waals surface area contributed by atoms with E-state index in [4.69, 9.17) is 5.73 Å². The number of fused-ring (bicyclic) bond motifs is 1. The minimum absolute atomic E-state index is 0.249. The number of benzene rings is 1. The number of halogens is 1. The van der Waals surface area contributed by atoms with Gasteiger partial charge in [-0.25, -0.2) is 9.37 Å². The van der Waals surface area contributed by atoms with Gasteiger partial charge in [0.1, 0.15) is 5.69 Å². The lowest BCUT2D eigenvalue weighted by Gasteiger charge is -2.26. The van der Waals surface area contributed by atoms with E-state index in [-0.39, 0.29) is 11.5 Å². The first-order valence-corrected chi connectivity index (χ1v) is 12.1. The molecule has 1 saturated heterocycles. The summed E-state index contributed by atoms with van der Waals surface area (Å²) in [6.45, 7) is 8.03. The zero-order valence-corrected chi connectivity index (χ0v) is 20.1. The number of nitrogens with two attached hydrogens (primary N) is 1. The van der Waals surface area contributed by atoms with Gasteiger partial charge in [-0.15, -0.1) is 0 Å². The highest BCUT2D eigenvalue weighted by molar-refractivity contribution is 6.02. The average Bonchev–Trinajstić information content (AvgIpc) is 3.57. The Morgan fingerprint density at radius 2 is 1.97 bits per heavy atom. The number of amides is 1. The van der Waals surface area contributed by atoms with E-state index in [1.54, 1.807) is 29.9 Å². The molecule has 0 unspecified atom stereocenters. The lowest BCUT2D eigenvalue weighted by molar-refractivity contribution is 0.100. The van der Waals surface area contributed by atoms with Crippen LogP contribution in [0.15, 0.2) is 18.3 Å². The molecule has 10 nitrogen and oxygen atoms in total. The van der Waals surface area contributed by atoms with Gasteiger partial charge in [0.25, 0.3) is 0 Å². The van der Waals surface area contributed by atoms with Crippen LogP contribution < -0.4 is 5.73 Å². The molecular formula is C24H30FN9O. The van der Waals surface area contributed by atoms with Crippen molar-refractivity contribution in [1.82, 2.24) is 39.6 Å². The Morgan fingerprint density at radius 1 is 1.17 bits per heavy atom. The molecule has 0 aliphatic carbocycles. The van der Waals surface area contributed by atoms with E-state index in [9.17, 15) is 9.18 Å². The first-order chi connectivity index (χ1) is 17.0. The third-order valence-electron chi connectivity index (χ3n) is 6.64. The Bertz CT molecular complexity index is 1360. The fraction of sp³-hybridized carbons (Fsp3) is 0.458. The summed E-state index contributed by atoms with van der Waals surface area (Å²) in [4.78, 5) is 19.2. The van der Waals surface area contributed by atoms with Crippen LogP contribution in [0.5, 0.6) is 0 Å². The molecule has 4 aromatic rings. The van der Waals surface area contributed by atoms with E-state index in [0.717, 1.165) is 43.5 Å². The van der Waals surface area contributed by atoms with E-state index >= 15 is 0 Å². The van der Waals surface area contributed by atoms with Gasteiger partial charge in [0.2, 0.25) is 5.91 Å². The normalized spacial score (nSPS) is 14.7. The number of aromatic amines is 1. The quantitative estimate of drug-likeness (QED) is 0.400. The minimum atomic E-state index is -0.546. The Kier molecular flexibility index (Phi) is 6.33. The lowest BCUT2D eigenvalue weighted by Crippen LogP contribution is -2.31. The number of carbonyl (C=O) groups is 1. The SMILES string of the molecule is CCn1nc(C)c(F)c1-c1nc(-c2cc(C(N)=O)cc3c2cnn3CCCN2CCCCC2)n[nH]1. The molecule has 184 valence electrons. The number of nitrogens with zero attached hydrogens (tertiary/aromatic N) is 7. The largest absolute Gasteiger partial charge is 0.366 e. The summed E-state index contributed by atoms with van der Waals surface area (Å²) in [7, 11) is 0. The summed E-state index contributed by atoms with van der Waals surface area (Å²) in [6.07, 6.45) is 6.55. The number of likely N-dealkylation sites (tertiary alicyclic amines) is 1. The molecule has 0 bridgehead atoms. The monoisotopic (exact) mass is 479 g/mol. The van der Waals surface area contributed by atoms with Crippen molar-refractivity contribution in [2.24, 2.45) is 5.73 Å². The van der Waals surface area contributed by atoms with Crippen molar-refractivity contribution in [3.05, 3.63) is 35.4 Å². The number of nitrogens with one attached hydrogen (secondary N) is 1. The Hall–Kier alpha value is -3.60. The molecule has 1 aliphatic rings. The smallest absolute Gasteiger partial charge is 0.248 e. The highest BCUT2D eigenvalue weighted by Gasteiger charge is 2.22. The first kappa shape index (κ1) is 23.2. The van der Waals surface area contributed by atoms with Crippen LogP contribution >= 0.6 is 0 Å². The second-order valence-corrected chi connectivity index (χ2v) is 9.02. The molecule has 1 amide bonds. The zero-order valence-electron chi connectivity index (χ0n) is 20.1. The van der Waals surface area contributed by atoms with Crippen molar-refractivity contribution in [1.29, 1.82) is 0 Å². The van der Waals surface area contributed by atoms with Gasteiger partial charge in [-0.3, -0.25) is 19.3 Å². The summed E-state index contributed by atoms with van der Waals surface area (Å²) < 4.78 is 18.2. The zero-order chi connectivity index (χ0) is 24.5. The maximum Gasteiger partial charge on any atom is 0.248 e. The van der Waals surface area contributed by atoms with Gasteiger partial charge < -0.3 is 10.6 Å². The number of H-pyrrole nitrogens is 1. The van der Waals surface area contributed by atoms with Crippen LogP contribution in [0.25, 0.3) is 33.8 Å². The third-order valence-corrected chi connectivity index (χ3v) is 6.64. The number of aromatic nitrogens is 7. The highest BCUT2D eigenvalue weighted by atomic mass is 19.1. The fourth-order valence-corrected chi connectivity index (χ4v) is 4.81. The van der Waals surface area contributed by atoms with E-state index < -0.39 is 11.7 Å². The minimum Gasteiger partial charge on any atom is -0.366 e. The molecule has 11 heteroatoms. The van der Waals surface area contributed by atoms with E-state index in [1.165, 1.54) is 19.3 Å². The van der Waals surface area contributed by atoms with Crippen LogP contribution in [-0.2, 0) is 13.1 Å². The van der Waals surface area contributed by atoms with Crippen LogP contribution in [0.2, 0.25) is 0 Å². The highest BCUT2D eigenvalue weighted by Crippen LogP contribution is 2.30. The van der Waals surface area contributed by atoms with E-state index in [0.29, 0.717) is 29.2 Å². The number of piperidine rings is 1. The fourth-order valence-electron chi connectivity index (χ4n) is 4.81. The van der Waals surface area contributed by atoms with E-state index in [1.807, 2.05) is 11.6 Å². The Labute approximate surface area is 202 Å². The number of hydrogen-bond acceptors (Lipinski definition) is 6. The maximum atomic E-state index is 14.7. The van der Waals surface area contributed by atoms with Gasteiger partial charge in [0, 0.05) is 29.6 Å². The summed E-state index contributed by atoms with van der Waals surface area (Å²) >= 11 is 0. The summed E-state index contributed by atoms with van der Waals surface area (Å²) in [5.41, 5.74) is 7.93. The summed E-state index contributed by atoms with van der Waals surface area (Å²) in [6, 6.07) is 3.42. The molecule has 1 fully saturated rings. The van der Waals surface area contributed by atoms with Crippen molar-refractivity contribution in [3.8, 4) is 22.9 Å². The van der Waals surface area contributed by atoms with Gasteiger partial charge in [-0.1, -0.05) is 6.42 Å². The van der Waals surface area contributed by atoms with Crippen molar-refractivity contribution in [2.45, 2.75) is 52.6 Å². The van der Waals surface area contributed by atoms with E-state index in [2.05, 4.69) is 30.3 Å². The molecule has 3 aromatic heterocycles. The topological polar surface area (TPSA) is 124 Å². The molecule has 4 heterocycles. The number of carbonyl (C=O) groups excluding carboxylic acids is 1. The average molecular weight is 480 g/mol. The number of hydrogen-bond donors (Lipinski definition) is 2. The van der Waals surface area contributed by atoms with Gasteiger partial charge in [0.05, 0.1) is 17.4 Å². The lowest BCUT2D eigenvalue weighted by atomic mass is 10.0. The Morgan fingerprint density at radius 3 is 2.71 bits per heavy atom. The van der Waals surface area contributed by atoms with Crippen molar-refractivity contribution in [3.63, 3.8) is 0 Å². The molecular weight excluding hydrogens is 449 g/mol. The van der Waals surface area contributed by atoms with Crippen LogP contribution in [0, 0.1) is 12.7 Å². The summed E-state index contributed by atoms with van der Waals surface area (Å²) in [5.74, 6) is -0.379. The van der Waals surface area contributed by atoms with Crippen molar-refractivity contribution < 1.29 is 9.18 Å². The Balaban J connectivity index is 1.48. The predicted molar refractivity (Wildman–Crippen MR) is 130 cm³/mol. The van der Waals surface area contributed by atoms with Crippen LogP contribution in [-0.4, -0.2) is 65.2 Å². The summed E-state index contributed by atoms with van der Waals surface area (Å²) in [5, 5.41) is 16.8. The number of aryl methyl sites for hydroxylation is 3. The molecule has 35 heavy (non-hydrogen) atoms. The second-order valence-electron chi connectivity index (χ2n) is 9.02. The molecule has 3 N–H and O–H groups in total. The standard InChI is InChI=1S/C24H30FN9O/c1-3-33-21(20(25)15(2)31-33)24-28-23(29-30-24)17-12-16(22(26)35)13-19-18(17)14-27-34(19)11-7-10-32-8-5-4-6-9-32/h12-14H,3-11H2,1-2H3,(H2,26,35)(H,28,29,30). The maximum absolute atomic E-state index is 14.7. The molecule has 1 aliphatic heterocycles. The number of primary amides is 1. The second kappa shape index (κ2) is 9.57. The van der Waals surface area contributed by atoms with Gasteiger partial charge >= 0.3 is 0 Å². The molecule has 0 spiro atoms. The molecule has 1 aromatic carbocycles. The van der Waals surface area contributed by atoms with Crippen molar-refractivity contribution >= 4 is 16.8 Å². The first-order valence-electron chi connectivity index (χ1n) is 12.1. The molecule has 5 rings (SSSR count). The third kappa shape index (κ3) is 4.43. The van der Waals surface area contributed by atoms with Gasteiger partial charge in [-0.2, -0.15) is 15.3 Å². The molecule has 0 radical (unpaired) electrons. The molecule has 0 saturated carbocycles. The predicted octanol–water partition coefficient (Wildman–Crippen LogP) is 3.13. The molecule has 0 atom stereocenters. The van der Waals surface area contributed by atoms with Gasteiger partial charge in [-0.05, 0) is 64.9 Å². The van der Waals surface area contributed by atoms with Gasteiger partial charge in [0.15, 0.2) is 17.5 Å². The van der Waals surface area contributed by atoms with Crippen LogP contribution in [0.1, 0.15) is 48.7 Å². The van der Waals surface area contributed by atoms with Crippen LogP contribution in [0.4, 0.5) is 4.39 Å². The number of rotatable bonds is 8. The van der Waals surface area contributed by atoms with Crippen LogP contribution in [0.3, 0.4) is 0 Å². The van der Waals surface area contributed by atoms with Crippen molar-refractivity contribution in [2.75, 3.05) is 19.6 Å².